The van der Waals surface area contributed by atoms with Gasteiger partial charge in [-0.15, -0.1) is 11.3 Å². The van der Waals surface area contributed by atoms with Gasteiger partial charge in [0.15, 0.2) is 16.7 Å². The molecule has 7 heteroatoms. The van der Waals surface area contributed by atoms with Crippen LogP contribution >= 0.6 is 11.3 Å². The number of aromatic nitrogens is 1. The second kappa shape index (κ2) is 7.24. The first-order valence-electron chi connectivity index (χ1n) is 8.88. The van der Waals surface area contributed by atoms with Gasteiger partial charge in [-0.3, -0.25) is 10.1 Å². The number of nitrogens with zero attached hydrogens (tertiary/aromatic N) is 1. The molecule has 0 spiro atoms. The molecular weight excluding hydrogens is 379 g/mol. The van der Waals surface area contributed by atoms with Crippen molar-refractivity contribution >= 4 is 22.4 Å². The second-order valence-electron chi connectivity index (χ2n) is 6.68. The van der Waals surface area contributed by atoms with Crippen LogP contribution in [0.5, 0.6) is 11.5 Å². The van der Waals surface area contributed by atoms with Gasteiger partial charge in [-0.05, 0) is 31.2 Å². The van der Waals surface area contributed by atoms with Crippen molar-refractivity contribution in [3.8, 4) is 22.8 Å². The van der Waals surface area contributed by atoms with Crippen LogP contribution in [0.15, 0.2) is 41.8 Å². The molecule has 1 N–H and O–H groups in total. The van der Waals surface area contributed by atoms with E-state index < -0.39 is 5.82 Å². The summed E-state index contributed by atoms with van der Waals surface area (Å²) in [5.74, 6) is 0.306. The molecule has 0 fully saturated rings. The Labute approximate surface area is 166 Å². The van der Waals surface area contributed by atoms with Crippen LogP contribution < -0.4 is 14.8 Å². The molecular formula is C21H19FN2O3S. The number of halogens is 1. The van der Waals surface area contributed by atoms with Gasteiger partial charge in [0.25, 0.3) is 5.91 Å². The summed E-state index contributed by atoms with van der Waals surface area (Å²) in [5, 5.41) is 5.02. The fourth-order valence-electron chi connectivity index (χ4n) is 3.22. The molecule has 4 rings (SSSR count). The SMILES string of the molecule is COc1ccc(-c2csc(NC(=O)c3cccc4c3OC(C)C4C)n2)cc1F. The molecule has 0 bridgehead atoms. The van der Waals surface area contributed by atoms with E-state index in [4.69, 9.17) is 9.47 Å². The number of hydrogen-bond acceptors (Lipinski definition) is 5. The zero-order valence-electron chi connectivity index (χ0n) is 15.7. The van der Waals surface area contributed by atoms with Gasteiger partial charge in [0.1, 0.15) is 11.9 Å². The lowest BCUT2D eigenvalue weighted by Crippen LogP contribution is -2.14. The highest BCUT2D eigenvalue weighted by Crippen LogP contribution is 2.40. The lowest BCUT2D eigenvalue weighted by atomic mass is 9.97. The van der Waals surface area contributed by atoms with Crippen LogP contribution in [0.2, 0.25) is 0 Å². The summed E-state index contributed by atoms with van der Waals surface area (Å²) in [7, 11) is 1.42. The molecule has 2 unspecified atom stereocenters. The van der Waals surface area contributed by atoms with Crippen LogP contribution in [0.25, 0.3) is 11.3 Å². The number of amides is 1. The van der Waals surface area contributed by atoms with E-state index in [1.165, 1.54) is 24.5 Å². The number of nitrogens with one attached hydrogen (secondary N) is 1. The predicted molar refractivity (Wildman–Crippen MR) is 107 cm³/mol. The summed E-state index contributed by atoms with van der Waals surface area (Å²) in [4.78, 5) is 17.2. The Morgan fingerprint density at radius 1 is 1.29 bits per heavy atom. The zero-order chi connectivity index (χ0) is 19.8. The molecule has 1 aliphatic rings. The third-order valence-electron chi connectivity index (χ3n) is 4.96. The summed E-state index contributed by atoms with van der Waals surface area (Å²) in [6.45, 7) is 4.08. The van der Waals surface area contributed by atoms with Gasteiger partial charge >= 0.3 is 0 Å². The molecule has 1 aromatic heterocycles. The van der Waals surface area contributed by atoms with E-state index in [1.54, 1.807) is 23.6 Å². The zero-order valence-corrected chi connectivity index (χ0v) is 16.5. The number of rotatable bonds is 4. The molecule has 0 aliphatic carbocycles. The van der Waals surface area contributed by atoms with Crippen LogP contribution in [-0.2, 0) is 0 Å². The summed E-state index contributed by atoms with van der Waals surface area (Å²) in [6.07, 6.45) is 0.0281. The van der Waals surface area contributed by atoms with Crippen LogP contribution in [-0.4, -0.2) is 24.1 Å². The number of benzene rings is 2. The van der Waals surface area contributed by atoms with Crippen LogP contribution in [0.3, 0.4) is 0 Å². The van der Waals surface area contributed by atoms with Crippen LogP contribution in [0.1, 0.15) is 35.7 Å². The largest absolute Gasteiger partial charge is 0.494 e. The fourth-order valence-corrected chi connectivity index (χ4v) is 3.93. The Morgan fingerprint density at radius 2 is 2.11 bits per heavy atom. The molecule has 2 heterocycles. The number of hydrogen-bond donors (Lipinski definition) is 1. The number of thiazole rings is 1. The third-order valence-corrected chi connectivity index (χ3v) is 5.72. The van der Waals surface area contributed by atoms with Gasteiger partial charge in [0.2, 0.25) is 0 Å². The molecule has 5 nitrogen and oxygen atoms in total. The predicted octanol–water partition coefficient (Wildman–Crippen LogP) is 5.09. The summed E-state index contributed by atoms with van der Waals surface area (Å²) in [6, 6.07) is 10.2. The van der Waals surface area contributed by atoms with Gasteiger partial charge in [0.05, 0.1) is 18.4 Å². The summed E-state index contributed by atoms with van der Waals surface area (Å²) in [5.41, 5.74) is 2.72. The minimum atomic E-state index is -0.459. The number of carbonyl (C=O) groups is 1. The first-order valence-corrected chi connectivity index (χ1v) is 9.76. The van der Waals surface area contributed by atoms with Gasteiger partial charge in [-0.2, -0.15) is 0 Å². The van der Waals surface area contributed by atoms with Crippen molar-refractivity contribution in [2.45, 2.75) is 25.9 Å². The first-order chi connectivity index (χ1) is 13.5. The Kier molecular flexibility index (Phi) is 4.77. The lowest BCUT2D eigenvalue weighted by Gasteiger charge is -2.09. The van der Waals surface area contributed by atoms with E-state index in [2.05, 4.69) is 17.2 Å². The Morgan fingerprint density at radius 3 is 2.86 bits per heavy atom. The highest BCUT2D eigenvalue weighted by atomic mass is 32.1. The van der Waals surface area contributed by atoms with Gasteiger partial charge in [-0.1, -0.05) is 19.1 Å². The summed E-state index contributed by atoms with van der Waals surface area (Å²) >= 11 is 1.28. The van der Waals surface area contributed by atoms with Gasteiger partial charge in [0, 0.05) is 22.4 Å². The van der Waals surface area contributed by atoms with Crippen LogP contribution in [0, 0.1) is 5.82 Å². The van der Waals surface area contributed by atoms with E-state index in [0.717, 1.165) is 5.56 Å². The molecule has 3 aromatic rings. The lowest BCUT2D eigenvalue weighted by molar-refractivity contribution is 0.102. The average Bonchev–Trinajstić information content (AvgIpc) is 3.26. The van der Waals surface area contributed by atoms with Crippen molar-refractivity contribution in [2.75, 3.05) is 12.4 Å². The molecule has 2 aromatic carbocycles. The van der Waals surface area contributed by atoms with E-state index >= 15 is 0 Å². The van der Waals surface area contributed by atoms with Crippen molar-refractivity contribution in [3.05, 3.63) is 58.7 Å². The molecule has 0 radical (unpaired) electrons. The average molecular weight is 398 g/mol. The third kappa shape index (κ3) is 3.22. The highest BCUT2D eigenvalue weighted by Gasteiger charge is 2.31. The molecule has 28 heavy (non-hydrogen) atoms. The standard InChI is InChI=1S/C21H19FN2O3S/c1-11-12(2)27-19-14(11)5-4-6-15(19)20(25)24-21-23-17(10-28-21)13-7-8-18(26-3)16(22)9-13/h4-12H,1-3H3,(H,23,24,25). The minimum Gasteiger partial charge on any atom is -0.494 e. The number of carbonyl (C=O) groups excluding carboxylic acids is 1. The molecule has 0 saturated heterocycles. The van der Waals surface area contributed by atoms with E-state index in [0.29, 0.717) is 27.7 Å². The molecule has 2 atom stereocenters. The van der Waals surface area contributed by atoms with Crippen LogP contribution in [0.4, 0.5) is 9.52 Å². The van der Waals surface area contributed by atoms with Crippen molar-refractivity contribution < 1.29 is 18.7 Å². The van der Waals surface area contributed by atoms with Gasteiger partial charge < -0.3 is 9.47 Å². The van der Waals surface area contributed by atoms with Crippen molar-refractivity contribution in [1.29, 1.82) is 0 Å². The second-order valence-corrected chi connectivity index (χ2v) is 7.54. The van der Waals surface area contributed by atoms with E-state index in [1.807, 2.05) is 19.1 Å². The molecule has 1 aliphatic heterocycles. The van der Waals surface area contributed by atoms with Crippen molar-refractivity contribution in [3.63, 3.8) is 0 Å². The fraction of sp³-hybridized carbons (Fsp3) is 0.238. The highest BCUT2D eigenvalue weighted by molar-refractivity contribution is 7.14. The Hall–Kier alpha value is -2.93. The Bertz CT molecular complexity index is 1050. The maximum atomic E-state index is 13.9. The van der Waals surface area contributed by atoms with E-state index in [-0.39, 0.29) is 23.7 Å². The quantitative estimate of drug-likeness (QED) is 0.665. The monoisotopic (exact) mass is 398 g/mol. The van der Waals surface area contributed by atoms with Gasteiger partial charge in [-0.25, -0.2) is 9.37 Å². The minimum absolute atomic E-state index is 0.0281. The van der Waals surface area contributed by atoms with Crippen molar-refractivity contribution in [1.82, 2.24) is 4.98 Å². The number of ether oxygens (including phenoxy) is 2. The Balaban J connectivity index is 1.55. The number of anilines is 1. The van der Waals surface area contributed by atoms with E-state index in [9.17, 15) is 9.18 Å². The first kappa shape index (κ1) is 18.4. The maximum Gasteiger partial charge on any atom is 0.261 e. The van der Waals surface area contributed by atoms with Crippen molar-refractivity contribution in [2.24, 2.45) is 0 Å². The number of methoxy groups -OCH3 is 1. The normalized spacial score (nSPS) is 17.7. The smallest absolute Gasteiger partial charge is 0.261 e. The number of para-hydroxylation sites is 1. The molecule has 144 valence electrons. The topological polar surface area (TPSA) is 60.5 Å². The number of fused-ring (bicyclic) bond motifs is 1. The molecule has 1 amide bonds. The maximum absolute atomic E-state index is 13.9. The molecule has 0 saturated carbocycles. The summed E-state index contributed by atoms with van der Waals surface area (Å²) < 4.78 is 24.8.